The minimum absolute atomic E-state index is 0.950. The molecule has 1 aliphatic carbocycles. The number of fused-ring (bicyclic) bond motifs is 3. The van der Waals surface area contributed by atoms with Gasteiger partial charge in [-0.25, -0.2) is 4.98 Å². The van der Waals surface area contributed by atoms with Crippen LogP contribution in [0.15, 0.2) is 16.7 Å². The molecule has 3 aromatic heterocycles. The summed E-state index contributed by atoms with van der Waals surface area (Å²) in [6.45, 7) is 3.99. The summed E-state index contributed by atoms with van der Waals surface area (Å²) in [5.74, 6) is 1.91. The monoisotopic (exact) mass is 272 g/mol. The van der Waals surface area contributed by atoms with Gasteiger partial charge in [0.05, 0.1) is 5.69 Å². The van der Waals surface area contributed by atoms with Crippen molar-refractivity contribution in [2.24, 2.45) is 0 Å². The third-order valence-corrected chi connectivity index (χ3v) is 5.04. The van der Waals surface area contributed by atoms with Crippen LogP contribution in [0, 0.1) is 13.8 Å². The summed E-state index contributed by atoms with van der Waals surface area (Å²) in [4.78, 5) is 7.44. The summed E-state index contributed by atoms with van der Waals surface area (Å²) in [6, 6.07) is 2.08. The molecular weight excluding hydrogens is 256 g/mol. The van der Waals surface area contributed by atoms with E-state index in [9.17, 15) is 0 Å². The van der Waals surface area contributed by atoms with Crippen molar-refractivity contribution in [3.8, 4) is 11.3 Å². The summed E-state index contributed by atoms with van der Waals surface area (Å²) < 4.78 is 7.90. The third-order valence-electron chi connectivity index (χ3n) is 3.89. The zero-order valence-electron chi connectivity index (χ0n) is 11.2. The molecule has 4 heteroatoms. The number of hydrogen-bond donors (Lipinski definition) is 0. The van der Waals surface area contributed by atoms with Gasteiger partial charge in [0, 0.05) is 22.3 Å². The molecule has 0 aromatic carbocycles. The lowest BCUT2D eigenvalue weighted by molar-refractivity contribution is 0.505. The standard InChI is InChI=1S/C15H16N2OS/c1-9-7-11(10(2)18-9)12-8-17-13-5-3-4-6-14(13)19-15(17)16-12/h7-8H,3-6H2,1-2H3. The third kappa shape index (κ3) is 1.66. The molecule has 3 nitrogen and oxygen atoms in total. The fourth-order valence-electron chi connectivity index (χ4n) is 2.98. The molecular formula is C15H16N2OS. The average Bonchev–Trinajstić information content (AvgIpc) is 3.01. The fourth-order valence-corrected chi connectivity index (χ4v) is 4.17. The van der Waals surface area contributed by atoms with Gasteiger partial charge in [-0.3, -0.25) is 4.40 Å². The van der Waals surface area contributed by atoms with Crippen LogP contribution in [0.25, 0.3) is 16.2 Å². The van der Waals surface area contributed by atoms with Crippen molar-refractivity contribution in [2.45, 2.75) is 39.5 Å². The number of furan rings is 1. The van der Waals surface area contributed by atoms with Gasteiger partial charge in [-0.05, 0) is 45.6 Å². The van der Waals surface area contributed by atoms with Crippen LogP contribution >= 0.6 is 11.3 Å². The second-order valence-electron chi connectivity index (χ2n) is 5.28. The van der Waals surface area contributed by atoms with Crippen molar-refractivity contribution >= 4 is 16.3 Å². The van der Waals surface area contributed by atoms with E-state index in [1.807, 2.05) is 25.2 Å². The summed E-state index contributed by atoms with van der Waals surface area (Å²) in [5.41, 5.74) is 3.63. The molecule has 0 spiro atoms. The molecule has 0 N–H and O–H groups in total. The van der Waals surface area contributed by atoms with E-state index in [-0.39, 0.29) is 0 Å². The van der Waals surface area contributed by atoms with Gasteiger partial charge < -0.3 is 4.42 Å². The number of aryl methyl sites for hydroxylation is 4. The highest BCUT2D eigenvalue weighted by Crippen LogP contribution is 2.33. The molecule has 19 heavy (non-hydrogen) atoms. The molecule has 1 aliphatic rings. The molecule has 0 amide bonds. The van der Waals surface area contributed by atoms with Crippen LogP contribution in [0.5, 0.6) is 0 Å². The molecule has 0 atom stereocenters. The Kier molecular flexibility index (Phi) is 2.36. The molecule has 0 fully saturated rings. The molecule has 4 rings (SSSR count). The highest BCUT2D eigenvalue weighted by Gasteiger charge is 2.19. The lowest BCUT2D eigenvalue weighted by atomic mass is 10.0. The Morgan fingerprint density at radius 2 is 2.11 bits per heavy atom. The predicted octanol–water partition coefficient (Wildman–Crippen LogP) is 4.15. The van der Waals surface area contributed by atoms with E-state index in [4.69, 9.17) is 9.40 Å². The maximum Gasteiger partial charge on any atom is 0.194 e. The Bertz CT molecular complexity index is 763. The van der Waals surface area contributed by atoms with Crippen molar-refractivity contribution in [3.63, 3.8) is 0 Å². The summed E-state index contributed by atoms with van der Waals surface area (Å²) in [7, 11) is 0. The second kappa shape index (κ2) is 3.97. The van der Waals surface area contributed by atoms with Crippen molar-refractivity contribution in [1.82, 2.24) is 9.38 Å². The molecule has 0 bridgehead atoms. The maximum absolute atomic E-state index is 5.61. The normalized spacial score (nSPS) is 15.1. The van der Waals surface area contributed by atoms with Gasteiger partial charge in [-0.2, -0.15) is 0 Å². The molecule has 0 saturated carbocycles. The van der Waals surface area contributed by atoms with Crippen LogP contribution in [0.2, 0.25) is 0 Å². The molecule has 3 aromatic rings. The van der Waals surface area contributed by atoms with Gasteiger partial charge in [-0.15, -0.1) is 11.3 Å². The van der Waals surface area contributed by atoms with E-state index in [1.54, 1.807) is 0 Å². The molecule has 0 radical (unpaired) electrons. The Labute approximate surface area is 115 Å². The number of rotatable bonds is 1. The largest absolute Gasteiger partial charge is 0.466 e. The van der Waals surface area contributed by atoms with Crippen LogP contribution in [0.3, 0.4) is 0 Å². The topological polar surface area (TPSA) is 30.4 Å². The minimum atomic E-state index is 0.950. The van der Waals surface area contributed by atoms with Crippen LogP contribution in [0.1, 0.15) is 34.9 Å². The Balaban J connectivity index is 1.89. The molecule has 3 heterocycles. The first-order valence-corrected chi connectivity index (χ1v) is 7.61. The first-order valence-electron chi connectivity index (χ1n) is 6.79. The Morgan fingerprint density at radius 1 is 1.26 bits per heavy atom. The maximum atomic E-state index is 5.61. The first-order chi connectivity index (χ1) is 9.22. The number of aromatic nitrogens is 2. The predicted molar refractivity (Wildman–Crippen MR) is 76.9 cm³/mol. The lowest BCUT2D eigenvalue weighted by Crippen LogP contribution is -2.01. The zero-order valence-corrected chi connectivity index (χ0v) is 12.0. The van der Waals surface area contributed by atoms with Crippen LogP contribution in [-0.2, 0) is 12.8 Å². The van der Waals surface area contributed by atoms with Gasteiger partial charge in [0.25, 0.3) is 0 Å². The zero-order chi connectivity index (χ0) is 13.0. The quantitative estimate of drug-likeness (QED) is 0.666. The van der Waals surface area contributed by atoms with E-state index in [2.05, 4.69) is 16.7 Å². The highest BCUT2D eigenvalue weighted by molar-refractivity contribution is 7.17. The van der Waals surface area contributed by atoms with Crippen molar-refractivity contribution in [3.05, 3.63) is 34.4 Å². The van der Waals surface area contributed by atoms with E-state index >= 15 is 0 Å². The summed E-state index contributed by atoms with van der Waals surface area (Å²) in [6.07, 6.45) is 7.21. The number of nitrogens with zero attached hydrogens (tertiary/aromatic N) is 2. The van der Waals surface area contributed by atoms with E-state index < -0.39 is 0 Å². The highest BCUT2D eigenvalue weighted by atomic mass is 32.1. The average molecular weight is 272 g/mol. The summed E-state index contributed by atoms with van der Waals surface area (Å²) in [5, 5.41) is 0. The van der Waals surface area contributed by atoms with Gasteiger partial charge in [0.15, 0.2) is 4.96 Å². The van der Waals surface area contributed by atoms with Gasteiger partial charge >= 0.3 is 0 Å². The van der Waals surface area contributed by atoms with E-state index in [0.29, 0.717) is 0 Å². The van der Waals surface area contributed by atoms with Crippen LogP contribution in [-0.4, -0.2) is 9.38 Å². The van der Waals surface area contributed by atoms with E-state index in [1.165, 1.54) is 36.3 Å². The number of hydrogen-bond acceptors (Lipinski definition) is 3. The van der Waals surface area contributed by atoms with E-state index in [0.717, 1.165) is 27.7 Å². The molecule has 0 saturated heterocycles. The summed E-state index contributed by atoms with van der Waals surface area (Å²) >= 11 is 1.85. The molecule has 0 unspecified atom stereocenters. The molecule has 98 valence electrons. The van der Waals surface area contributed by atoms with Crippen molar-refractivity contribution < 1.29 is 4.42 Å². The lowest BCUT2D eigenvalue weighted by Gasteiger charge is -2.09. The SMILES string of the molecule is Cc1cc(-c2cn3c4c(sc3n2)CCCC4)c(C)o1. The van der Waals surface area contributed by atoms with Crippen molar-refractivity contribution in [2.75, 3.05) is 0 Å². The van der Waals surface area contributed by atoms with Gasteiger partial charge in [-0.1, -0.05) is 0 Å². The van der Waals surface area contributed by atoms with Crippen molar-refractivity contribution in [1.29, 1.82) is 0 Å². The smallest absolute Gasteiger partial charge is 0.194 e. The fraction of sp³-hybridized carbons (Fsp3) is 0.400. The Morgan fingerprint density at radius 3 is 2.89 bits per heavy atom. The van der Waals surface area contributed by atoms with Crippen LogP contribution < -0.4 is 0 Å². The Hall–Kier alpha value is -1.55. The minimum Gasteiger partial charge on any atom is -0.466 e. The molecule has 0 aliphatic heterocycles. The number of imidazole rings is 1. The first kappa shape index (κ1) is 11.3. The second-order valence-corrected chi connectivity index (χ2v) is 6.35. The van der Waals surface area contributed by atoms with Gasteiger partial charge in [0.2, 0.25) is 0 Å². The van der Waals surface area contributed by atoms with Gasteiger partial charge in [0.1, 0.15) is 11.5 Å². The van der Waals surface area contributed by atoms with Crippen LogP contribution in [0.4, 0.5) is 0 Å². The number of thiazole rings is 1.